The molecular weight excluding hydrogens is 270 g/mol. The number of methoxy groups -OCH3 is 1. The van der Waals surface area contributed by atoms with E-state index in [1.165, 1.54) is 35.7 Å². The van der Waals surface area contributed by atoms with Crippen molar-refractivity contribution in [2.45, 2.75) is 17.4 Å². The highest BCUT2D eigenvalue weighted by molar-refractivity contribution is 7.89. The van der Waals surface area contributed by atoms with Crippen molar-refractivity contribution in [1.29, 1.82) is 0 Å². The van der Waals surface area contributed by atoms with Crippen LogP contribution in [0.25, 0.3) is 0 Å². The summed E-state index contributed by atoms with van der Waals surface area (Å²) in [6.45, 7) is 1.74. The molecule has 0 saturated carbocycles. The number of hydrogen-bond donors (Lipinski definition) is 1. The van der Waals surface area contributed by atoms with E-state index in [1.807, 2.05) is 0 Å². The highest BCUT2D eigenvalue weighted by Gasteiger charge is 2.43. The molecular formula is C12H15NO5S. The van der Waals surface area contributed by atoms with E-state index in [-0.39, 0.29) is 23.5 Å². The molecule has 2 rings (SSSR count). The standard InChI is InChI=1S/C12H15NO5S/c1-12(15)7-13(8-12)19(16,17)10-5-3-9(4-6-10)11(14)18-2/h3-6,15H,7-8H2,1-2H3. The molecule has 1 aromatic rings. The highest BCUT2D eigenvalue weighted by Crippen LogP contribution is 2.27. The molecule has 0 aliphatic carbocycles. The van der Waals surface area contributed by atoms with Gasteiger partial charge >= 0.3 is 5.97 Å². The van der Waals surface area contributed by atoms with Crippen LogP contribution in [0, 0.1) is 0 Å². The molecule has 0 atom stereocenters. The molecule has 104 valence electrons. The van der Waals surface area contributed by atoms with Crippen molar-refractivity contribution in [2.75, 3.05) is 20.2 Å². The Labute approximate surface area is 111 Å². The molecule has 1 fully saturated rings. The van der Waals surface area contributed by atoms with Gasteiger partial charge in [-0.2, -0.15) is 4.31 Å². The third-order valence-corrected chi connectivity index (χ3v) is 4.75. The van der Waals surface area contributed by atoms with Crippen LogP contribution < -0.4 is 0 Å². The van der Waals surface area contributed by atoms with Gasteiger partial charge in [0.25, 0.3) is 0 Å². The smallest absolute Gasteiger partial charge is 0.337 e. The molecule has 0 aromatic heterocycles. The zero-order chi connectivity index (χ0) is 14.3. The van der Waals surface area contributed by atoms with E-state index in [2.05, 4.69) is 4.74 Å². The van der Waals surface area contributed by atoms with Crippen LogP contribution in [0.5, 0.6) is 0 Å². The lowest BCUT2D eigenvalue weighted by molar-refractivity contribution is -0.0426. The molecule has 6 nitrogen and oxygen atoms in total. The van der Waals surface area contributed by atoms with Gasteiger partial charge in [-0.3, -0.25) is 0 Å². The first-order valence-corrected chi connectivity index (χ1v) is 7.11. The van der Waals surface area contributed by atoms with Crippen LogP contribution in [0.2, 0.25) is 0 Å². The maximum absolute atomic E-state index is 12.2. The lowest BCUT2D eigenvalue weighted by Crippen LogP contribution is -2.61. The van der Waals surface area contributed by atoms with Crippen molar-refractivity contribution in [3.8, 4) is 0 Å². The summed E-state index contributed by atoms with van der Waals surface area (Å²) in [5.74, 6) is -0.518. The minimum absolute atomic E-state index is 0.0775. The van der Waals surface area contributed by atoms with Crippen molar-refractivity contribution in [3.63, 3.8) is 0 Å². The Kier molecular flexibility index (Phi) is 3.38. The zero-order valence-electron chi connectivity index (χ0n) is 10.7. The molecule has 0 unspecified atom stereocenters. The Hall–Kier alpha value is -1.44. The number of ether oxygens (including phenoxy) is 1. The Balaban J connectivity index is 2.21. The van der Waals surface area contributed by atoms with E-state index in [9.17, 15) is 18.3 Å². The van der Waals surface area contributed by atoms with E-state index in [4.69, 9.17) is 0 Å². The van der Waals surface area contributed by atoms with Crippen molar-refractivity contribution in [3.05, 3.63) is 29.8 Å². The fourth-order valence-corrected chi connectivity index (χ4v) is 3.59. The van der Waals surface area contributed by atoms with E-state index >= 15 is 0 Å². The Morgan fingerprint density at radius 2 is 1.84 bits per heavy atom. The monoisotopic (exact) mass is 285 g/mol. The van der Waals surface area contributed by atoms with Gasteiger partial charge in [0, 0.05) is 13.1 Å². The number of aliphatic hydroxyl groups is 1. The molecule has 1 aliphatic heterocycles. The molecule has 0 radical (unpaired) electrons. The SMILES string of the molecule is COC(=O)c1ccc(S(=O)(=O)N2CC(C)(O)C2)cc1. The molecule has 7 heteroatoms. The van der Waals surface area contributed by atoms with E-state index < -0.39 is 21.6 Å². The average molecular weight is 285 g/mol. The van der Waals surface area contributed by atoms with Gasteiger partial charge in [0.05, 0.1) is 23.2 Å². The van der Waals surface area contributed by atoms with Gasteiger partial charge in [-0.25, -0.2) is 13.2 Å². The normalized spacial score (nSPS) is 18.7. The number of sulfonamides is 1. The summed E-state index contributed by atoms with van der Waals surface area (Å²) in [5.41, 5.74) is -0.670. The molecule has 0 spiro atoms. The predicted octanol–water partition coefficient (Wildman–Crippen LogP) is 0.228. The van der Waals surface area contributed by atoms with Crippen LogP contribution in [0.4, 0.5) is 0 Å². The first kappa shape index (κ1) is 14.0. The van der Waals surface area contributed by atoms with E-state index in [1.54, 1.807) is 6.92 Å². The molecule has 0 bridgehead atoms. The van der Waals surface area contributed by atoms with E-state index in [0.717, 1.165) is 0 Å². The Morgan fingerprint density at radius 3 is 2.26 bits per heavy atom. The fraction of sp³-hybridized carbons (Fsp3) is 0.417. The Morgan fingerprint density at radius 1 is 1.32 bits per heavy atom. The lowest BCUT2D eigenvalue weighted by atomic mass is 10.0. The third kappa shape index (κ3) is 2.63. The fourth-order valence-electron chi connectivity index (χ4n) is 1.91. The maximum Gasteiger partial charge on any atom is 0.337 e. The summed E-state index contributed by atoms with van der Waals surface area (Å²) in [7, 11) is -2.34. The van der Waals surface area contributed by atoms with Crippen LogP contribution in [-0.2, 0) is 14.8 Å². The topological polar surface area (TPSA) is 83.9 Å². The maximum atomic E-state index is 12.2. The molecule has 1 N–H and O–H groups in total. The molecule has 19 heavy (non-hydrogen) atoms. The molecule has 0 amide bonds. The third-order valence-electron chi connectivity index (χ3n) is 2.95. The summed E-state index contributed by atoms with van der Waals surface area (Å²) < 4.78 is 30.0. The number of esters is 1. The van der Waals surface area contributed by atoms with Gasteiger partial charge in [-0.1, -0.05) is 0 Å². The van der Waals surface area contributed by atoms with Gasteiger partial charge in [-0.05, 0) is 31.2 Å². The number of benzene rings is 1. The predicted molar refractivity (Wildman–Crippen MR) is 67.2 cm³/mol. The minimum atomic E-state index is -3.60. The zero-order valence-corrected chi connectivity index (χ0v) is 11.5. The van der Waals surface area contributed by atoms with E-state index in [0.29, 0.717) is 0 Å². The van der Waals surface area contributed by atoms with Crippen LogP contribution in [0.1, 0.15) is 17.3 Å². The second-order valence-corrected chi connectivity index (χ2v) is 6.72. The lowest BCUT2D eigenvalue weighted by Gasteiger charge is -2.42. The second kappa shape index (κ2) is 4.59. The summed E-state index contributed by atoms with van der Waals surface area (Å²) in [5, 5.41) is 9.58. The summed E-state index contributed by atoms with van der Waals surface area (Å²) in [4.78, 5) is 11.3. The molecule has 1 saturated heterocycles. The summed E-state index contributed by atoms with van der Waals surface area (Å²) >= 11 is 0. The number of carbonyl (C=O) groups excluding carboxylic acids is 1. The second-order valence-electron chi connectivity index (χ2n) is 4.79. The first-order chi connectivity index (χ1) is 8.76. The number of rotatable bonds is 3. The van der Waals surface area contributed by atoms with Crippen molar-refractivity contribution in [2.24, 2.45) is 0 Å². The van der Waals surface area contributed by atoms with Crippen LogP contribution >= 0.6 is 0 Å². The van der Waals surface area contributed by atoms with Gasteiger partial charge in [-0.15, -0.1) is 0 Å². The summed E-state index contributed by atoms with van der Waals surface area (Å²) in [6, 6.07) is 5.51. The number of β-amino-alcohol motifs (C(OH)–C–C–N with tert-alkyl or cyclic N) is 1. The quantitative estimate of drug-likeness (QED) is 0.804. The van der Waals surface area contributed by atoms with Crippen molar-refractivity contribution < 1.29 is 23.1 Å². The van der Waals surface area contributed by atoms with Crippen LogP contribution in [-0.4, -0.2) is 49.6 Å². The van der Waals surface area contributed by atoms with Gasteiger partial charge < -0.3 is 9.84 Å². The van der Waals surface area contributed by atoms with Gasteiger partial charge in [0.15, 0.2) is 0 Å². The Bertz CT molecular complexity index is 583. The minimum Gasteiger partial charge on any atom is -0.465 e. The molecule has 1 heterocycles. The van der Waals surface area contributed by atoms with Crippen LogP contribution in [0.3, 0.4) is 0 Å². The van der Waals surface area contributed by atoms with Gasteiger partial charge in [0.2, 0.25) is 10.0 Å². The largest absolute Gasteiger partial charge is 0.465 e. The van der Waals surface area contributed by atoms with Gasteiger partial charge in [0.1, 0.15) is 0 Å². The van der Waals surface area contributed by atoms with Crippen molar-refractivity contribution >= 4 is 16.0 Å². The number of carbonyl (C=O) groups is 1. The first-order valence-electron chi connectivity index (χ1n) is 5.67. The molecule has 1 aliphatic rings. The van der Waals surface area contributed by atoms with Crippen LogP contribution in [0.15, 0.2) is 29.2 Å². The van der Waals surface area contributed by atoms with Crippen molar-refractivity contribution in [1.82, 2.24) is 4.31 Å². The number of nitrogens with zero attached hydrogens (tertiary/aromatic N) is 1. The summed E-state index contributed by atoms with van der Waals surface area (Å²) in [6.07, 6.45) is 0. The highest BCUT2D eigenvalue weighted by atomic mass is 32.2. The molecule has 1 aromatic carbocycles. The number of hydrogen-bond acceptors (Lipinski definition) is 5. The average Bonchev–Trinajstić information content (AvgIpc) is 2.35.